The molecule has 1 saturated carbocycles. The minimum atomic E-state index is -0.216. The lowest BCUT2D eigenvalue weighted by Crippen LogP contribution is -2.40. The summed E-state index contributed by atoms with van der Waals surface area (Å²) >= 11 is 6.20. The molecule has 0 saturated heterocycles. The van der Waals surface area contributed by atoms with Gasteiger partial charge in [0.2, 0.25) is 0 Å². The SMILES string of the molecule is O=C(Nc1ccccc1Cl)N1CCOc2cc(-c3ccc(C4CCCCC4)cc3)ccc21. The summed E-state index contributed by atoms with van der Waals surface area (Å²) in [7, 11) is 0. The number of benzene rings is 3. The Kier molecular flexibility index (Phi) is 6.04. The number of carbonyl (C=O) groups excluding carboxylic acids is 1. The Labute approximate surface area is 194 Å². The first-order valence-electron chi connectivity index (χ1n) is 11.4. The van der Waals surface area contributed by atoms with Crippen LogP contribution in [0.15, 0.2) is 66.7 Å². The average Bonchev–Trinajstić information content (AvgIpc) is 2.85. The molecule has 0 atom stereocenters. The van der Waals surface area contributed by atoms with Crippen LogP contribution in [0.4, 0.5) is 16.2 Å². The lowest BCUT2D eigenvalue weighted by atomic mass is 9.84. The molecule has 5 heteroatoms. The van der Waals surface area contributed by atoms with Gasteiger partial charge in [0.15, 0.2) is 0 Å². The second kappa shape index (κ2) is 9.25. The minimum Gasteiger partial charge on any atom is -0.490 e. The van der Waals surface area contributed by atoms with E-state index in [4.69, 9.17) is 16.3 Å². The number of hydrogen-bond donors (Lipinski definition) is 1. The van der Waals surface area contributed by atoms with E-state index in [2.05, 4.69) is 35.6 Å². The van der Waals surface area contributed by atoms with Gasteiger partial charge < -0.3 is 10.1 Å². The van der Waals surface area contributed by atoms with Gasteiger partial charge in [-0.1, -0.05) is 73.3 Å². The Morgan fingerprint density at radius 3 is 2.47 bits per heavy atom. The number of ether oxygens (including phenoxy) is 1. The van der Waals surface area contributed by atoms with Gasteiger partial charge in [-0.3, -0.25) is 4.90 Å². The molecule has 0 aromatic heterocycles. The highest BCUT2D eigenvalue weighted by Gasteiger charge is 2.25. The normalized spacial score (nSPS) is 16.2. The Bertz CT molecular complexity index is 1110. The fraction of sp³-hybridized carbons (Fsp3) is 0.296. The molecule has 0 spiro atoms. The third-order valence-electron chi connectivity index (χ3n) is 6.50. The molecule has 3 aromatic carbocycles. The van der Waals surface area contributed by atoms with Crippen molar-refractivity contribution in [1.29, 1.82) is 0 Å². The van der Waals surface area contributed by atoms with Crippen molar-refractivity contribution in [1.82, 2.24) is 0 Å². The molecule has 1 N–H and O–H groups in total. The van der Waals surface area contributed by atoms with Gasteiger partial charge in [-0.05, 0) is 59.7 Å². The Balaban J connectivity index is 1.35. The summed E-state index contributed by atoms with van der Waals surface area (Å²) < 4.78 is 5.91. The number of carbonyl (C=O) groups is 1. The molecular formula is C27H27ClN2O2. The fourth-order valence-corrected chi connectivity index (χ4v) is 4.92. The highest BCUT2D eigenvalue weighted by Crippen LogP contribution is 2.38. The molecule has 3 aromatic rings. The van der Waals surface area contributed by atoms with Crippen molar-refractivity contribution in [2.24, 2.45) is 0 Å². The van der Waals surface area contributed by atoms with E-state index >= 15 is 0 Å². The largest absolute Gasteiger partial charge is 0.490 e. The number of halogens is 1. The zero-order chi connectivity index (χ0) is 21.9. The summed E-state index contributed by atoms with van der Waals surface area (Å²) in [5, 5.41) is 3.42. The summed E-state index contributed by atoms with van der Waals surface area (Å²) in [4.78, 5) is 14.6. The van der Waals surface area contributed by atoms with Crippen LogP contribution < -0.4 is 15.0 Å². The van der Waals surface area contributed by atoms with Gasteiger partial charge in [-0.2, -0.15) is 0 Å². The number of amides is 2. The van der Waals surface area contributed by atoms with Crippen molar-refractivity contribution in [3.8, 4) is 16.9 Å². The molecule has 164 valence electrons. The first-order valence-corrected chi connectivity index (χ1v) is 11.8. The molecule has 32 heavy (non-hydrogen) atoms. The van der Waals surface area contributed by atoms with Crippen LogP contribution in [0.1, 0.15) is 43.6 Å². The molecule has 2 aliphatic rings. The van der Waals surface area contributed by atoms with Gasteiger partial charge >= 0.3 is 6.03 Å². The molecule has 1 fully saturated rings. The second-order valence-corrected chi connectivity index (χ2v) is 8.96. The van der Waals surface area contributed by atoms with Crippen molar-refractivity contribution >= 4 is 29.0 Å². The van der Waals surface area contributed by atoms with E-state index in [0.717, 1.165) is 22.6 Å². The molecule has 0 bridgehead atoms. The van der Waals surface area contributed by atoms with E-state index in [1.165, 1.54) is 37.7 Å². The molecule has 1 aliphatic carbocycles. The second-order valence-electron chi connectivity index (χ2n) is 8.55. The maximum atomic E-state index is 12.9. The Morgan fingerprint density at radius 2 is 1.69 bits per heavy atom. The minimum absolute atomic E-state index is 0.216. The van der Waals surface area contributed by atoms with E-state index in [1.54, 1.807) is 17.0 Å². The number of nitrogens with zero attached hydrogens (tertiary/aromatic N) is 1. The van der Waals surface area contributed by atoms with Crippen LogP contribution >= 0.6 is 11.6 Å². The average molecular weight is 447 g/mol. The Morgan fingerprint density at radius 1 is 0.938 bits per heavy atom. The van der Waals surface area contributed by atoms with Crippen LogP contribution in [-0.4, -0.2) is 19.2 Å². The summed E-state index contributed by atoms with van der Waals surface area (Å²) in [5.74, 6) is 1.43. The first-order chi connectivity index (χ1) is 15.7. The number of anilines is 2. The summed E-state index contributed by atoms with van der Waals surface area (Å²) in [6.07, 6.45) is 6.66. The van der Waals surface area contributed by atoms with Crippen LogP contribution in [0.5, 0.6) is 5.75 Å². The molecule has 4 nitrogen and oxygen atoms in total. The quantitative estimate of drug-likeness (QED) is 0.452. The highest BCUT2D eigenvalue weighted by atomic mass is 35.5. The van der Waals surface area contributed by atoms with Crippen molar-refractivity contribution in [3.05, 3.63) is 77.3 Å². The van der Waals surface area contributed by atoms with Gasteiger partial charge in [0.05, 0.1) is 22.9 Å². The smallest absolute Gasteiger partial charge is 0.326 e. The van der Waals surface area contributed by atoms with E-state index < -0.39 is 0 Å². The third kappa shape index (κ3) is 4.33. The maximum absolute atomic E-state index is 12.9. The standard InChI is InChI=1S/C27H27ClN2O2/c28-23-8-4-5-9-24(23)29-27(31)30-16-17-32-26-18-22(14-15-25(26)30)21-12-10-20(11-13-21)19-6-2-1-3-7-19/h4-5,8-15,18-19H,1-3,6-7,16-17H2,(H,29,31). The summed E-state index contributed by atoms with van der Waals surface area (Å²) in [6, 6.07) is 22.0. The van der Waals surface area contributed by atoms with Crippen molar-refractivity contribution in [3.63, 3.8) is 0 Å². The summed E-state index contributed by atoms with van der Waals surface area (Å²) in [5.41, 5.74) is 5.07. The number of fused-ring (bicyclic) bond motifs is 1. The molecule has 5 rings (SSSR count). The highest BCUT2D eigenvalue weighted by molar-refractivity contribution is 6.33. The predicted octanol–water partition coefficient (Wildman–Crippen LogP) is 7.49. The van der Waals surface area contributed by atoms with Gasteiger partial charge in [0.25, 0.3) is 0 Å². The van der Waals surface area contributed by atoms with Gasteiger partial charge in [-0.15, -0.1) is 0 Å². The van der Waals surface area contributed by atoms with Crippen LogP contribution in [0.25, 0.3) is 11.1 Å². The number of urea groups is 1. The number of nitrogens with one attached hydrogen (secondary N) is 1. The number of hydrogen-bond acceptors (Lipinski definition) is 2. The first kappa shape index (κ1) is 20.9. The van der Waals surface area contributed by atoms with Gasteiger partial charge in [-0.25, -0.2) is 4.79 Å². The van der Waals surface area contributed by atoms with Crippen LogP contribution in [0.2, 0.25) is 5.02 Å². The molecule has 2 amide bonds. The monoisotopic (exact) mass is 446 g/mol. The summed E-state index contributed by atoms with van der Waals surface area (Å²) in [6.45, 7) is 0.936. The van der Waals surface area contributed by atoms with Crippen LogP contribution in [0.3, 0.4) is 0 Å². The number of para-hydroxylation sites is 1. The van der Waals surface area contributed by atoms with E-state index in [-0.39, 0.29) is 6.03 Å². The number of rotatable bonds is 3. The predicted molar refractivity (Wildman–Crippen MR) is 131 cm³/mol. The van der Waals surface area contributed by atoms with Crippen molar-refractivity contribution in [2.75, 3.05) is 23.4 Å². The van der Waals surface area contributed by atoms with Crippen LogP contribution in [0, 0.1) is 0 Å². The topological polar surface area (TPSA) is 41.6 Å². The fourth-order valence-electron chi connectivity index (χ4n) is 4.74. The zero-order valence-electron chi connectivity index (χ0n) is 18.0. The van der Waals surface area contributed by atoms with Crippen molar-refractivity contribution < 1.29 is 9.53 Å². The maximum Gasteiger partial charge on any atom is 0.326 e. The van der Waals surface area contributed by atoms with Gasteiger partial charge in [0, 0.05) is 0 Å². The molecule has 0 unspecified atom stereocenters. The lowest BCUT2D eigenvalue weighted by Gasteiger charge is -2.30. The molecule has 0 radical (unpaired) electrons. The Hall–Kier alpha value is -2.98. The molecule has 1 heterocycles. The zero-order valence-corrected chi connectivity index (χ0v) is 18.8. The van der Waals surface area contributed by atoms with Crippen molar-refractivity contribution in [2.45, 2.75) is 38.0 Å². The van der Waals surface area contributed by atoms with E-state index in [1.807, 2.05) is 24.3 Å². The van der Waals surface area contributed by atoms with E-state index in [9.17, 15) is 4.79 Å². The van der Waals surface area contributed by atoms with Gasteiger partial charge in [0.1, 0.15) is 12.4 Å². The molecular weight excluding hydrogens is 420 g/mol. The molecule has 1 aliphatic heterocycles. The lowest BCUT2D eigenvalue weighted by molar-refractivity contribution is 0.250. The third-order valence-corrected chi connectivity index (χ3v) is 6.83. The van der Waals surface area contributed by atoms with E-state index in [0.29, 0.717) is 29.8 Å². The van der Waals surface area contributed by atoms with Crippen LogP contribution in [-0.2, 0) is 0 Å².